The summed E-state index contributed by atoms with van der Waals surface area (Å²) < 4.78 is 23.3. The number of pyridine rings is 1. The van der Waals surface area contributed by atoms with Crippen LogP contribution in [0.2, 0.25) is 0 Å². The van der Waals surface area contributed by atoms with Crippen molar-refractivity contribution in [3.63, 3.8) is 0 Å². The summed E-state index contributed by atoms with van der Waals surface area (Å²) >= 11 is 0. The number of aromatic nitrogens is 3. The van der Waals surface area contributed by atoms with Gasteiger partial charge in [-0.1, -0.05) is 38.1 Å². The normalized spacial score (nSPS) is 12.2. The van der Waals surface area contributed by atoms with Gasteiger partial charge < -0.3 is 19.6 Å². The van der Waals surface area contributed by atoms with Crippen LogP contribution in [0.5, 0.6) is 11.5 Å². The van der Waals surface area contributed by atoms with E-state index in [1.807, 2.05) is 56.3 Å². The number of ether oxygens (including phenoxy) is 2. The molecule has 0 saturated carbocycles. The van der Waals surface area contributed by atoms with Gasteiger partial charge in [0.05, 0.1) is 53.4 Å². The Hall–Kier alpha value is -2.95. The van der Waals surface area contributed by atoms with Gasteiger partial charge in [-0.2, -0.15) is 0 Å². The highest BCUT2D eigenvalue weighted by molar-refractivity contribution is 7.84. The summed E-state index contributed by atoms with van der Waals surface area (Å²) in [7, 11) is 1.91. The van der Waals surface area contributed by atoms with Gasteiger partial charge in [0.25, 0.3) is 0 Å². The molecule has 4 rings (SSSR count). The minimum atomic E-state index is -1.33. The third-order valence-electron chi connectivity index (χ3n) is 6.39. The number of nitrogens with zero attached hydrogens (tertiary/aromatic N) is 2. The van der Waals surface area contributed by atoms with Crippen LogP contribution in [0.1, 0.15) is 54.6 Å². The third kappa shape index (κ3) is 8.52. The van der Waals surface area contributed by atoms with Gasteiger partial charge in [-0.3, -0.25) is 14.0 Å². The van der Waals surface area contributed by atoms with Crippen molar-refractivity contribution in [2.75, 3.05) is 14.2 Å². The van der Waals surface area contributed by atoms with Crippen molar-refractivity contribution in [2.45, 2.75) is 57.9 Å². The van der Waals surface area contributed by atoms with E-state index in [1.165, 1.54) is 5.56 Å². The lowest BCUT2D eigenvalue weighted by atomic mass is 9.97. The minimum absolute atomic E-state index is 0. The number of aliphatic carboxylic acids is 1. The van der Waals surface area contributed by atoms with E-state index in [-0.39, 0.29) is 28.8 Å². The van der Waals surface area contributed by atoms with E-state index in [0.717, 1.165) is 51.3 Å². The van der Waals surface area contributed by atoms with Crippen molar-refractivity contribution in [1.29, 1.82) is 0 Å². The summed E-state index contributed by atoms with van der Waals surface area (Å²) in [6, 6.07) is 13.4. The first-order valence-electron chi connectivity index (χ1n) is 12.8. The third-order valence-corrected chi connectivity index (χ3v) is 7.55. The quantitative estimate of drug-likeness (QED) is 0.250. The number of fused-ring (bicyclic) bond motifs is 1. The van der Waals surface area contributed by atoms with Crippen molar-refractivity contribution in [1.82, 2.24) is 15.0 Å². The number of hydrogen-bond donors (Lipinski definition) is 2. The van der Waals surface area contributed by atoms with E-state index in [9.17, 15) is 9.00 Å². The largest absolute Gasteiger partial charge is 0.497 e. The number of rotatable bonds is 9. The average molecular weight is 576 g/mol. The van der Waals surface area contributed by atoms with Gasteiger partial charge in [-0.25, -0.2) is 4.98 Å². The van der Waals surface area contributed by atoms with Crippen LogP contribution in [0.25, 0.3) is 11.0 Å². The lowest BCUT2D eigenvalue weighted by Gasteiger charge is -2.11. The molecule has 2 N–H and O–H groups in total. The number of methoxy groups -OCH3 is 2. The first-order chi connectivity index (χ1) is 18.5. The van der Waals surface area contributed by atoms with Crippen molar-refractivity contribution in [3.05, 3.63) is 76.6 Å². The maximum Gasteiger partial charge on any atom is 0.310 e. The summed E-state index contributed by atoms with van der Waals surface area (Å²) in [5.41, 5.74) is 6.30. The van der Waals surface area contributed by atoms with Gasteiger partial charge in [-0.15, -0.1) is 0 Å². The van der Waals surface area contributed by atoms with E-state index in [2.05, 4.69) is 28.8 Å². The zero-order valence-corrected chi connectivity index (χ0v) is 26.5. The van der Waals surface area contributed by atoms with Gasteiger partial charge in [0.15, 0.2) is 5.16 Å². The van der Waals surface area contributed by atoms with Crippen LogP contribution < -0.4 is 9.47 Å². The molecule has 210 valence electrons. The number of carbonyl (C=O) groups is 1. The van der Waals surface area contributed by atoms with Crippen molar-refractivity contribution in [2.24, 2.45) is 5.92 Å². The van der Waals surface area contributed by atoms with Crippen LogP contribution in [0, 0.1) is 19.8 Å². The zero-order chi connectivity index (χ0) is 28.7. The Morgan fingerprint density at radius 1 is 1.05 bits per heavy atom. The fourth-order valence-electron chi connectivity index (χ4n) is 4.17. The van der Waals surface area contributed by atoms with Gasteiger partial charge in [-0.05, 0) is 56.4 Å². The number of benzene rings is 2. The molecule has 0 saturated heterocycles. The molecule has 4 aromatic rings. The summed E-state index contributed by atoms with van der Waals surface area (Å²) in [6.45, 7) is 9.92. The molecule has 0 fully saturated rings. The molecule has 0 bridgehead atoms. The molecule has 0 amide bonds. The highest BCUT2D eigenvalue weighted by Gasteiger charge is 2.16. The molecule has 8 nitrogen and oxygen atoms in total. The Morgan fingerprint density at radius 2 is 1.73 bits per heavy atom. The standard InChI is InChI=1S/C17H19N3O3S.C13H18O2.Mg/c1-10-8-18-15(11(2)16(10)23-4)9-24(21)17-19-13-6-5-12(22-3)7-14(13)20-17;1-9(2)8-11-4-6-12(7-5-11)10(3)13(14)15;/h5-8H,9H2,1-4H3,(H,19,20);4-7,9-10H,8H2,1-3H3,(H,14,15);. The minimum Gasteiger partial charge on any atom is -0.497 e. The van der Waals surface area contributed by atoms with Crippen LogP contribution in [0.3, 0.4) is 0 Å². The number of H-pyrrole nitrogens is 1. The van der Waals surface area contributed by atoms with Crippen molar-refractivity contribution >= 4 is 50.9 Å². The molecule has 2 radical (unpaired) electrons. The van der Waals surface area contributed by atoms with E-state index >= 15 is 0 Å². The van der Waals surface area contributed by atoms with E-state index in [0.29, 0.717) is 11.1 Å². The molecule has 40 heavy (non-hydrogen) atoms. The smallest absolute Gasteiger partial charge is 0.310 e. The van der Waals surface area contributed by atoms with Crippen LogP contribution in [0.4, 0.5) is 0 Å². The Morgan fingerprint density at radius 3 is 2.30 bits per heavy atom. The molecule has 0 aliphatic rings. The molecular formula is C30H37MgN3O5S. The van der Waals surface area contributed by atoms with E-state index in [4.69, 9.17) is 14.6 Å². The summed E-state index contributed by atoms with van der Waals surface area (Å²) in [6.07, 6.45) is 2.78. The van der Waals surface area contributed by atoms with Crippen molar-refractivity contribution < 1.29 is 23.6 Å². The van der Waals surface area contributed by atoms with Gasteiger partial charge in [0.1, 0.15) is 11.5 Å². The first-order valence-corrected chi connectivity index (χ1v) is 14.1. The summed E-state index contributed by atoms with van der Waals surface area (Å²) in [5, 5.41) is 9.28. The number of hydrogen-bond acceptors (Lipinski definition) is 6. The molecule has 2 aromatic carbocycles. The molecule has 2 unspecified atom stereocenters. The van der Waals surface area contributed by atoms with Crippen LogP contribution >= 0.6 is 0 Å². The van der Waals surface area contributed by atoms with Crippen LogP contribution in [-0.2, 0) is 27.8 Å². The molecule has 0 aliphatic heterocycles. The Kier molecular flexibility index (Phi) is 12.6. The first kappa shape index (κ1) is 33.3. The Labute approximate surface area is 254 Å². The topological polar surface area (TPSA) is 114 Å². The predicted octanol–water partition coefficient (Wildman–Crippen LogP) is 5.59. The van der Waals surface area contributed by atoms with Gasteiger partial charge >= 0.3 is 5.97 Å². The summed E-state index contributed by atoms with van der Waals surface area (Å²) in [4.78, 5) is 22.7. The molecule has 10 heteroatoms. The molecule has 2 heterocycles. The van der Waals surface area contributed by atoms with Gasteiger partial charge in [0.2, 0.25) is 0 Å². The molecule has 0 aliphatic carbocycles. The highest BCUT2D eigenvalue weighted by atomic mass is 32.2. The molecule has 2 aromatic heterocycles. The van der Waals surface area contributed by atoms with Crippen molar-refractivity contribution in [3.8, 4) is 11.5 Å². The summed E-state index contributed by atoms with van der Waals surface area (Å²) in [5.74, 6) is 1.23. The van der Waals surface area contributed by atoms with E-state index < -0.39 is 22.7 Å². The second kappa shape index (κ2) is 15.2. The predicted molar refractivity (Wildman–Crippen MR) is 160 cm³/mol. The highest BCUT2D eigenvalue weighted by Crippen LogP contribution is 2.26. The maximum atomic E-state index is 12.7. The number of nitrogens with one attached hydrogen (secondary N) is 1. The average Bonchev–Trinajstić information content (AvgIpc) is 3.34. The lowest BCUT2D eigenvalue weighted by molar-refractivity contribution is -0.138. The van der Waals surface area contributed by atoms with Crippen LogP contribution in [0.15, 0.2) is 53.8 Å². The zero-order valence-electron chi connectivity index (χ0n) is 24.3. The van der Waals surface area contributed by atoms with E-state index in [1.54, 1.807) is 27.3 Å². The fourth-order valence-corrected chi connectivity index (χ4v) is 5.27. The number of imidazole rings is 1. The number of aromatic amines is 1. The van der Waals surface area contributed by atoms with Crippen LogP contribution in [-0.4, -0.2) is 67.5 Å². The molecular weight excluding hydrogens is 539 g/mol. The maximum absolute atomic E-state index is 12.7. The number of aryl methyl sites for hydroxylation is 1. The molecule has 2 atom stereocenters. The number of carboxylic acids is 1. The second-order valence-electron chi connectivity index (χ2n) is 9.86. The number of carboxylic acid groups (broad SMARTS) is 1. The SMILES string of the molecule is CC(C)Cc1ccc(C(C)C(=O)O)cc1.COc1ccc2nc(S(=O)Cc3ncc(C)c(OC)c3C)[nH]c2c1.[Mg]. The Bertz CT molecular complexity index is 1450. The lowest BCUT2D eigenvalue weighted by Crippen LogP contribution is -2.07. The second-order valence-corrected chi connectivity index (χ2v) is 11.2. The van der Waals surface area contributed by atoms with Gasteiger partial charge in [0, 0.05) is 46.4 Å². The fraction of sp³-hybridized carbons (Fsp3) is 0.367. The monoisotopic (exact) mass is 575 g/mol. The Balaban J connectivity index is 0.000000304. The molecule has 0 spiro atoms.